The SMILES string of the molecule is CCOc1ccc(N)c(NCC(C)C)c1. The average molecular weight is 208 g/mol. The summed E-state index contributed by atoms with van der Waals surface area (Å²) >= 11 is 0. The summed E-state index contributed by atoms with van der Waals surface area (Å²) in [5.41, 5.74) is 7.57. The molecule has 0 bridgehead atoms. The van der Waals surface area contributed by atoms with Crippen molar-refractivity contribution in [3.63, 3.8) is 0 Å². The van der Waals surface area contributed by atoms with Crippen molar-refractivity contribution in [3.05, 3.63) is 18.2 Å². The molecule has 3 nitrogen and oxygen atoms in total. The molecule has 0 aliphatic carbocycles. The largest absolute Gasteiger partial charge is 0.494 e. The second kappa shape index (κ2) is 5.49. The Morgan fingerprint density at radius 3 is 2.73 bits per heavy atom. The zero-order valence-electron chi connectivity index (χ0n) is 9.71. The predicted molar refractivity (Wildman–Crippen MR) is 65.4 cm³/mol. The van der Waals surface area contributed by atoms with Crippen LogP contribution in [0.25, 0.3) is 0 Å². The molecule has 0 amide bonds. The first kappa shape index (κ1) is 11.7. The van der Waals surface area contributed by atoms with Gasteiger partial charge in [0.1, 0.15) is 5.75 Å². The molecule has 0 heterocycles. The zero-order valence-corrected chi connectivity index (χ0v) is 9.71. The molecule has 1 aromatic carbocycles. The van der Waals surface area contributed by atoms with Crippen LogP contribution in [0.3, 0.4) is 0 Å². The lowest BCUT2D eigenvalue weighted by molar-refractivity contribution is 0.340. The van der Waals surface area contributed by atoms with Gasteiger partial charge in [0.15, 0.2) is 0 Å². The molecule has 15 heavy (non-hydrogen) atoms. The first-order chi connectivity index (χ1) is 7.13. The van der Waals surface area contributed by atoms with Crippen molar-refractivity contribution < 1.29 is 4.74 Å². The van der Waals surface area contributed by atoms with Crippen molar-refractivity contribution in [1.82, 2.24) is 0 Å². The molecule has 0 fully saturated rings. The number of nitrogen functional groups attached to an aromatic ring is 1. The van der Waals surface area contributed by atoms with Crippen molar-refractivity contribution in [2.24, 2.45) is 5.92 Å². The Labute approximate surface area is 91.6 Å². The molecule has 1 aromatic rings. The van der Waals surface area contributed by atoms with Crippen LogP contribution in [0.1, 0.15) is 20.8 Å². The van der Waals surface area contributed by atoms with Crippen LogP contribution >= 0.6 is 0 Å². The number of anilines is 2. The number of nitrogens with two attached hydrogens (primary N) is 1. The van der Waals surface area contributed by atoms with Crippen LogP contribution in [-0.4, -0.2) is 13.2 Å². The molecular formula is C12H20N2O. The number of rotatable bonds is 5. The maximum Gasteiger partial charge on any atom is 0.121 e. The maximum atomic E-state index is 5.85. The summed E-state index contributed by atoms with van der Waals surface area (Å²) in [5.74, 6) is 1.46. The molecule has 0 aliphatic heterocycles. The van der Waals surface area contributed by atoms with E-state index in [0.717, 1.165) is 23.7 Å². The fourth-order valence-electron chi connectivity index (χ4n) is 1.26. The van der Waals surface area contributed by atoms with Crippen molar-refractivity contribution in [2.75, 3.05) is 24.2 Å². The Morgan fingerprint density at radius 1 is 1.40 bits per heavy atom. The smallest absolute Gasteiger partial charge is 0.121 e. The van der Waals surface area contributed by atoms with Gasteiger partial charge in [0, 0.05) is 12.6 Å². The molecular weight excluding hydrogens is 188 g/mol. The average Bonchev–Trinajstić information content (AvgIpc) is 2.19. The quantitative estimate of drug-likeness (QED) is 0.731. The lowest BCUT2D eigenvalue weighted by Gasteiger charge is -2.13. The van der Waals surface area contributed by atoms with Crippen LogP contribution in [0.5, 0.6) is 5.75 Å². The van der Waals surface area contributed by atoms with Crippen molar-refractivity contribution in [2.45, 2.75) is 20.8 Å². The van der Waals surface area contributed by atoms with Gasteiger partial charge < -0.3 is 15.8 Å². The van der Waals surface area contributed by atoms with E-state index in [-0.39, 0.29) is 0 Å². The Balaban J connectivity index is 2.71. The highest BCUT2D eigenvalue weighted by molar-refractivity contribution is 5.68. The first-order valence-corrected chi connectivity index (χ1v) is 5.39. The zero-order chi connectivity index (χ0) is 11.3. The van der Waals surface area contributed by atoms with Crippen LogP contribution in [0.15, 0.2) is 18.2 Å². The third-order valence-corrected chi connectivity index (χ3v) is 2.04. The summed E-state index contributed by atoms with van der Waals surface area (Å²) in [6.45, 7) is 7.88. The van der Waals surface area contributed by atoms with Gasteiger partial charge in [-0.1, -0.05) is 13.8 Å². The van der Waals surface area contributed by atoms with E-state index in [9.17, 15) is 0 Å². The van der Waals surface area contributed by atoms with Gasteiger partial charge in [0.05, 0.1) is 18.0 Å². The Bertz CT molecular complexity index is 310. The molecule has 3 heteroatoms. The van der Waals surface area contributed by atoms with Gasteiger partial charge >= 0.3 is 0 Å². The highest BCUT2D eigenvalue weighted by Gasteiger charge is 2.02. The Morgan fingerprint density at radius 2 is 2.13 bits per heavy atom. The van der Waals surface area contributed by atoms with E-state index in [1.165, 1.54) is 0 Å². The van der Waals surface area contributed by atoms with Crippen molar-refractivity contribution >= 4 is 11.4 Å². The van der Waals surface area contributed by atoms with Gasteiger partial charge in [-0.25, -0.2) is 0 Å². The number of ether oxygens (including phenoxy) is 1. The molecule has 3 N–H and O–H groups in total. The van der Waals surface area contributed by atoms with Crippen LogP contribution in [0.4, 0.5) is 11.4 Å². The van der Waals surface area contributed by atoms with Gasteiger partial charge in [0.2, 0.25) is 0 Å². The number of benzene rings is 1. The molecule has 0 aromatic heterocycles. The van der Waals surface area contributed by atoms with E-state index in [4.69, 9.17) is 10.5 Å². The highest BCUT2D eigenvalue weighted by Crippen LogP contribution is 2.24. The number of hydrogen-bond donors (Lipinski definition) is 2. The molecule has 1 rings (SSSR count). The van der Waals surface area contributed by atoms with E-state index in [2.05, 4.69) is 19.2 Å². The first-order valence-electron chi connectivity index (χ1n) is 5.39. The second-order valence-corrected chi connectivity index (χ2v) is 3.96. The third-order valence-electron chi connectivity index (χ3n) is 2.04. The van der Waals surface area contributed by atoms with Gasteiger partial charge in [0.25, 0.3) is 0 Å². The fourth-order valence-corrected chi connectivity index (χ4v) is 1.26. The van der Waals surface area contributed by atoms with Crippen LogP contribution in [-0.2, 0) is 0 Å². The van der Waals surface area contributed by atoms with Gasteiger partial charge in [-0.05, 0) is 25.0 Å². The molecule has 84 valence electrons. The molecule has 0 radical (unpaired) electrons. The number of hydrogen-bond acceptors (Lipinski definition) is 3. The molecule has 0 atom stereocenters. The van der Waals surface area contributed by atoms with Crippen molar-refractivity contribution in [3.8, 4) is 5.75 Å². The minimum Gasteiger partial charge on any atom is -0.494 e. The topological polar surface area (TPSA) is 47.3 Å². The minimum atomic E-state index is 0.597. The second-order valence-electron chi connectivity index (χ2n) is 3.96. The summed E-state index contributed by atoms with van der Waals surface area (Å²) in [4.78, 5) is 0. The van der Waals surface area contributed by atoms with E-state index in [1.807, 2.05) is 25.1 Å². The Kier molecular flexibility index (Phi) is 4.28. The highest BCUT2D eigenvalue weighted by atomic mass is 16.5. The lowest BCUT2D eigenvalue weighted by atomic mass is 10.2. The van der Waals surface area contributed by atoms with E-state index in [1.54, 1.807) is 0 Å². The number of nitrogens with one attached hydrogen (secondary N) is 1. The van der Waals surface area contributed by atoms with Crippen molar-refractivity contribution in [1.29, 1.82) is 0 Å². The molecule has 0 spiro atoms. The molecule has 0 saturated carbocycles. The maximum absolute atomic E-state index is 5.85. The van der Waals surface area contributed by atoms with Gasteiger partial charge in [-0.15, -0.1) is 0 Å². The third kappa shape index (κ3) is 3.70. The van der Waals surface area contributed by atoms with Crippen LogP contribution in [0.2, 0.25) is 0 Å². The molecule has 0 aliphatic rings. The van der Waals surface area contributed by atoms with Gasteiger partial charge in [-0.2, -0.15) is 0 Å². The summed E-state index contributed by atoms with van der Waals surface area (Å²) in [6.07, 6.45) is 0. The standard InChI is InChI=1S/C12H20N2O/c1-4-15-10-5-6-11(13)12(7-10)14-8-9(2)3/h5-7,9,14H,4,8,13H2,1-3H3. The molecule has 0 unspecified atom stereocenters. The molecule has 0 saturated heterocycles. The summed E-state index contributed by atoms with van der Waals surface area (Å²) < 4.78 is 5.41. The summed E-state index contributed by atoms with van der Waals surface area (Å²) in [6, 6.07) is 5.70. The Hall–Kier alpha value is -1.38. The summed E-state index contributed by atoms with van der Waals surface area (Å²) in [5, 5.41) is 3.31. The van der Waals surface area contributed by atoms with Crippen LogP contribution < -0.4 is 15.8 Å². The normalized spacial score (nSPS) is 10.4. The fraction of sp³-hybridized carbons (Fsp3) is 0.500. The van der Waals surface area contributed by atoms with Crippen LogP contribution in [0, 0.1) is 5.92 Å². The van der Waals surface area contributed by atoms with E-state index in [0.29, 0.717) is 12.5 Å². The van der Waals surface area contributed by atoms with E-state index >= 15 is 0 Å². The lowest BCUT2D eigenvalue weighted by Crippen LogP contribution is -2.09. The minimum absolute atomic E-state index is 0.597. The van der Waals surface area contributed by atoms with Gasteiger partial charge in [-0.3, -0.25) is 0 Å². The predicted octanol–water partition coefficient (Wildman–Crippen LogP) is 2.74. The summed E-state index contributed by atoms with van der Waals surface area (Å²) in [7, 11) is 0. The monoisotopic (exact) mass is 208 g/mol. The van der Waals surface area contributed by atoms with E-state index < -0.39 is 0 Å².